The highest BCUT2D eigenvalue weighted by Crippen LogP contribution is 2.26. The molecule has 1 aliphatic heterocycles. The number of hydrogen-bond donors (Lipinski definition) is 1. The zero-order valence-electron chi connectivity index (χ0n) is 15.2. The van der Waals surface area contributed by atoms with E-state index in [-0.39, 0.29) is 17.3 Å². The number of nitro benzene ring substituents is 1. The number of nitrogens with zero attached hydrogens (tertiary/aromatic N) is 5. The van der Waals surface area contributed by atoms with Gasteiger partial charge in [-0.3, -0.25) is 15.0 Å². The number of nitro groups is 1. The maximum atomic E-state index is 11.3. The Morgan fingerprint density at radius 1 is 1.30 bits per heavy atom. The first-order valence-corrected chi connectivity index (χ1v) is 8.90. The topological polar surface area (TPSA) is 98.3 Å². The van der Waals surface area contributed by atoms with E-state index in [1.165, 1.54) is 6.07 Å². The summed E-state index contributed by atoms with van der Waals surface area (Å²) in [4.78, 5) is 19.8. The lowest BCUT2D eigenvalue weighted by Gasteiger charge is -2.36. The molecule has 1 aliphatic rings. The van der Waals surface area contributed by atoms with Gasteiger partial charge in [0.15, 0.2) is 0 Å². The van der Waals surface area contributed by atoms with Gasteiger partial charge in [0, 0.05) is 51.0 Å². The van der Waals surface area contributed by atoms with Crippen LogP contribution in [0.1, 0.15) is 12.5 Å². The minimum atomic E-state index is -0.457. The number of benzene rings is 1. The van der Waals surface area contributed by atoms with Gasteiger partial charge in [0.1, 0.15) is 11.5 Å². The third kappa shape index (κ3) is 4.71. The highest BCUT2D eigenvalue weighted by Gasteiger charge is 2.21. The molecule has 2 heterocycles. The Hall–Kier alpha value is -3.18. The van der Waals surface area contributed by atoms with E-state index in [2.05, 4.69) is 20.1 Å². The van der Waals surface area contributed by atoms with Gasteiger partial charge in [0.2, 0.25) is 0 Å². The molecule has 2 aromatic rings. The van der Waals surface area contributed by atoms with Gasteiger partial charge in [-0.05, 0) is 31.2 Å². The van der Waals surface area contributed by atoms with Crippen LogP contribution in [0.15, 0.2) is 42.6 Å². The number of pyridine rings is 1. The molecule has 0 aliphatic carbocycles. The van der Waals surface area contributed by atoms with Crippen molar-refractivity contribution in [1.29, 1.82) is 5.26 Å². The number of nitriles is 1. The lowest BCUT2D eigenvalue weighted by atomic mass is 10.1. The molecule has 1 fully saturated rings. The van der Waals surface area contributed by atoms with Gasteiger partial charge in [-0.25, -0.2) is 4.98 Å². The van der Waals surface area contributed by atoms with Crippen LogP contribution >= 0.6 is 0 Å². The molecular weight excluding hydrogens is 344 g/mol. The predicted octanol–water partition coefficient (Wildman–Crippen LogP) is 2.48. The zero-order chi connectivity index (χ0) is 19.2. The molecule has 8 heteroatoms. The number of anilines is 2. The molecule has 1 aromatic carbocycles. The van der Waals surface area contributed by atoms with Crippen LogP contribution in [-0.4, -0.2) is 53.6 Å². The summed E-state index contributed by atoms with van der Waals surface area (Å²) >= 11 is 0. The minimum Gasteiger partial charge on any atom is -0.376 e. The van der Waals surface area contributed by atoms with E-state index in [4.69, 9.17) is 5.26 Å². The fourth-order valence-corrected chi connectivity index (χ4v) is 3.27. The highest BCUT2D eigenvalue weighted by molar-refractivity contribution is 5.64. The van der Waals surface area contributed by atoms with Gasteiger partial charge >= 0.3 is 0 Å². The second kappa shape index (κ2) is 8.47. The molecule has 1 atom stereocenters. The van der Waals surface area contributed by atoms with E-state index < -0.39 is 4.92 Å². The first-order chi connectivity index (χ1) is 13.1. The van der Waals surface area contributed by atoms with Crippen LogP contribution in [0.2, 0.25) is 0 Å². The summed E-state index contributed by atoms with van der Waals surface area (Å²) in [5, 5.41) is 23.4. The lowest BCUT2D eigenvalue weighted by molar-refractivity contribution is -0.384. The SMILES string of the molecule is CC(CN1CCN(c2ccccn2)CC1)Nc1ccc(C#N)cc1[N+](=O)[O-]. The Bertz CT molecular complexity index is 828. The van der Waals surface area contributed by atoms with E-state index >= 15 is 0 Å². The number of aromatic nitrogens is 1. The normalized spacial score (nSPS) is 15.8. The van der Waals surface area contributed by atoms with Crippen molar-refractivity contribution < 1.29 is 4.92 Å². The van der Waals surface area contributed by atoms with Gasteiger partial charge in [-0.1, -0.05) is 6.07 Å². The van der Waals surface area contributed by atoms with Crippen molar-refractivity contribution >= 4 is 17.2 Å². The summed E-state index contributed by atoms with van der Waals surface area (Å²) in [6.45, 7) is 6.43. The molecule has 0 bridgehead atoms. The molecule has 0 amide bonds. The maximum Gasteiger partial charge on any atom is 0.293 e. The van der Waals surface area contributed by atoms with Crippen molar-refractivity contribution in [2.75, 3.05) is 42.9 Å². The Balaban J connectivity index is 1.55. The smallest absolute Gasteiger partial charge is 0.293 e. The first kappa shape index (κ1) is 18.6. The van der Waals surface area contributed by atoms with Gasteiger partial charge in [-0.15, -0.1) is 0 Å². The van der Waals surface area contributed by atoms with Crippen LogP contribution < -0.4 is 10.2 Å². The molecular formula is C19H22N6O2. The van der Waals surface area contributed by atoms with E-state index in [9.17, 15) is 10.1 Å². The summed E-state index contributed by atoms with van der Waals surface area (Å²) in [5.74, 6) is 0.997. The van der Waals surface area contributed by atoms with Crippen molar-refractivity contribution in [2.45, 2.75) is 13.0 Å². The molecule has 27 heavy (non-hydrogen) atoms. The van der Waals surface area contributed by atoms with Gasteiger partial charge in [-0.2, -0.15) is 5.26 Å². The number of hydrogen-bond acceptors (Lipinski definition) is 7. The van der Waals surface area contributed by atoms with Crippen LogP contribution in [0.4, 0.5) is 17.2 Å². The van der Waals surface area contributed by atoms with Crippen LogP contribution in [0.3, 0.4) is 0 Å². The molecule has 3 rings (SSSR count). The Kier molecular flexibility index (Phi) is 5.84. The Morgan fingerprint density at radius 2 is 2.07 bits per heavy atom. The molecule has 0 spiro atoms. The standard InChI is InChI=1S/C19H22N6O2/c1-15(22-17-6-5-16(13-20)12-18(17)25(26)27)14-23-8-10-24(11-9-23)19-4-2-3-7-21-19/h2-7,12,15,22H,8-11,14H2,1H3. The van der Waals surface area contributed by atoms with Gasteiger partial charge < -0.3 is 10.2 Å². The molecule has 140 valence electrons. The quantitative estimate of drug-likeness (QED) is 0.619. The van der Waals surface area contributed by atoms with Gasteiger partial charge in [0.25, 0.3) is 5.69 Å². The van der Waals surface area contributed by atoms with Gasteiger partial charge in [0.05, 0.1) is 16.6 Å². The number of rotatable bonds is 6. The summed E-state index contributed by atoms with van der Waals surface area (Å²) in [5.41, 5.74) is 0.657. The number of nitrogens with one attached hydrogen (secondary N) is 1. The molecule has 1 aromatic heterocycles. The summed E-state index contributed by atoms with van der Waals surface area (Å²) < 4.78 is 0. The molecule has 1 saturated heterocycles. The van der Waals surface area contributed by atoms with Crippen LogP contribution in [0.25, 0.3) is 0 Å². The fourth-order valence-electron chi connectivity index (χ4n) is 3.27. The largest absolute Gasteiger partial charge is 0.376 e. The van der Waals surface area contributed by atoms with Crippen LogP contribution in [0.5, 0.6) is 0 Å². The molecule has 8 nitrogen and oxygen atoms in total. The van der Waals surface area contributed by atoms with E-state index in [0.717, 1.165) is 38.5 Å². The molecule has 0 saturated carbocycles. The van der Waals surface area contributed by atoms with Crippen molar-refractivity contribution in [2.24, 2.45) is 0 Å². The van der Waals surface area contributed by atoms with E-state index in [1.54, 1.807) is 18.3 Å². The second-order valence-corrected chi connectivity index (χ2v) is 6.62. The predicted molar refractivity (Wildman–Crippen MR) is 104 cm³/mol. The Labute approximate surface area is 158 Å². The second-order valence-electron chi connectivity index (χ2n) is 6.62. The van der Waals surface area contributed by atoms with Crippen molar-refractivity contribution in [3.8, 4) is 6.07 Å². The summed E-state index contributed by atoms with van der Waals surface area (Å²) in [6, 6.07) is 12.4. The third-order valence-electron chi connectivity index (χ3n) is 4.60. The third-order valence-corrected chi connectivity index (χ3v) is 4.60. The maximum absolute atomic E-state index is 11.3. The van der Waals surface area contributed by atoms with Crippen molar-refractivity contribution in [1.82, 2.24) is 9.88 Å². The van der Waals surface area contributed by atoms with Crippen LogP contribution in [0, 0.1) is 21.4 Å². The first-order valence-electron chi connectivity index (χ1n) is 8.90. The molecule has 1 unspecified atom stereocenters. The Morgan fingerprint density at radius 3 is 2.70 bits per heavy atom. The average Bonchev–Trinajstić information content (AvgIpc) is 2.69. The van der Waals surface area contributed by atoms with Crippen molar-refractivity contribution in [3.63, 3.8) is 0 Å². The van der Waals surface area contributed by atoms with Crippen molar-refractivity contribution in [3.05, 3.63) is 58.3 Å². The average molecular weight is 366 g/mol. The molecule has 1 N–H and O–H groups in total. The summed E-state index contributed by atoms with van der Waals surface area (Å²) in [6.07, 6.45) is 1.80. The van der Waals surface area contributed by atoms with E-state index in [0.29, 0.717) is 5.69 Å². The highest BCUT2D eigenvalue weighted by atomic mass is 16.6. The fraction of sp³-hybridized carbons (Fsp3) is 0.368. The minimum absolute atomic E-state index is 0.0398. The summed E-state index contributed by atoms with van der Waals surface area (Å²) in [7, 11) is 0. The van der Waals surface area contributed by atoms with Crippen LogP contribution in [-0.2, 0) is 0 Å². The van der Waals surface area contributed by atoms with E-state index in [1.807, 2.05) is 31.2 Å². The zero-order valence-corrected chi connectivity index (χ0v) is 15.2. The lowest BCUT2D eigenvalue weighted by Crippen LogP contribution is -2.49. The monoisotopic (exact) mass is 366 g/mol. The number of piperazine rings is 1. The molecule has 0 radical (unpaired) electrons.